The van der Waals surface area contributed by atoms with Crippen LogP contribution in [0.15, 0.2) is 35.4 Å². The first kappa shape index (κ1) is 19.8. The minimum Gasteiger partial charge on any atom is -0.494 e. The number of piperazine rings is 1. The Balaban J connectivity index is 1.45. The molecule has 0 saturated carbocycles. The molecule has 1 aromatic heterocycles. The first-order chi connectivity index (χ1) is 14.0. The molecule has 3 heterocycles. The quantitative estimate of drug-likeness (QED) is 0.728. The lowest BCUT2D eigenvalue weighted by atomic mass is 10.3. The summed E-state index contributed by atoms with van der Waals surface area (Å²) in [5.74, 6) is 0.854. The Kier molecular flexibility index (Phi) is 5.55. The highest BCUT2D eigenvalue weighted by molar-refractivity contribution is 7.89. The molecule has 2 aliphatic heterocycles. The standard InChI is InChI=1S/C19H24FN5O3S/c1-28-17-5-4-15(14-16(17)20)29(26,27)25-12-10-23(11-13-25)18-6-7-21-19(22-18)24-8-2-3-9-24/h4-7,14H,2-3,8-13H2,1H3. The van der Waals surface area contributed by atoms with E-state index in [-0.39, 0.29) is 10.6 Å². The Bertz CT molecular complexity index is 974. The van der Waals surface area contributed by atoms with Crippen LogP contribution in [0.3, 0.4) is 0 Å². The normalized spacial score (nSPS) is 18.3. The van der Waals surface area contributed by atoms with Gasteiger partial charge in [-0.2, -0.15) is 9.29 Å². The van der Waals surface area contributed by atoms with E-state index in [1.54, 1.807) is 6.20 Å². The third kappa shape index (κ3) is 3.99. The van der Waals surface area contributed by atoms with Crippen molar-refractivity contribution in [2.24, 2.45) is 0 Å². The van der Waals surface area contributed by atoms with Crippen LogP contribution in [0.4, 0.5) is 16.2 Å². The third-order valence-electron chi connectivity index (χ3n) is 5.34. The number of methoxy groups -OCH3 is 1. The van der Waals surface area contributed by atoms with Crippen molar-refractivity contribution in [3.05, 3.63) is 36.3 Å². The predicted octanol–water partition coefficient (Wildman–Crippen LogP) is 1.74. The Labute approximate surface area is 170 Å². The smallest absolute Gasteiger partial charge is 0.243 e. The number of aromatic nitrogens is 2. The molecule has 0 aliphatic carbocycles. The van der Waals surface area contributed by atoms with Crippen LogP contribution >= 0.6 is 0 Å². The van der Waals surface area contributed by atoms with Gasteiger partial charge in [0.2, 0.25) is 16.0 Å². The zero-order valence-electron chi connectivity index (χ0n) is 16.3. The van der Waals surface area contributed by atoms with Gasteiger partial charge in [0.1, 0.15) is 5.82 Å². The van der Waals surface area contributed by atoms with Gasteiger partial charge in [0.15, 0.2) is 11.6 Å². The first-order valence-electron chi connectivity index (χ1n) is 9.66. The Hall–Kier alpha value is -2.46. The molecule has 156 valence electrons. The number of hydrogen-bond donors (Lipinski definition) is 0. The third-order valence-corrected chi connectivity index (χ3v) is 7.24. The summed E-state index contributed by atoms with van der Waals surface area (Å²) in [6.45, 7) is 3.56. The fourth-order valence-corrected chi connectivity index (χ4v) is 5.13. The highest BCUT2D eigenvalue weighted by Gasteiger charge is 2.30. The van der Waals surface area contributed by atoms with E-state index in [2.05, 4.69) is 19.8 Å². The summed E-state index contributed by atoms with van der Waals surface area (Å²) in [7, 11) is -2.42. The summed E-state index contributed by atoms with van der Waals surface area (Å²) in [5, 5.41) is 0. The van der Waals surface area contributed by atoms with Gasteiger partial charge in [-0.15, -0.1) is 0 Å². The molecule has 2 aromatic rings. The summed E-state index contributed by atoms with van der Waals surface area (Å²) in [5.41, 5.74) is 0. The summed E-state index contributed by atoms with van der Waals surface area (Å²) in [4.78, 5) is 13.2. The molecule has 2 fully saturated rings. The zero-order chi connectivity index (χ0) is 20.4. The molecule has 29 heavy (non-hydrogen) atoms. The maximum atomic E-state index is 14.0. The summed E-state index contributed by atoms with van der Waals surface area (Å²) >= 11 is 0. The van der Waals surface area contributed by atoms with E-state index in [1.165, 1.54) is 23.5 Å². The van der Waals surface area contributed by atoms with Crippen LogP contribution in [0.1, 0.15) is 12.8 Å². The average Bonchev–Trinajstić information content (AvgIpc) is 3.29. The molecule has 0 spiro atoms. The fourth-order valence-electron chi connectivity index (χ4n) is 3.70. The van der Waals surface area contributed by atoms with Crippen molar-refractivity contribution in [2.75, 3.05) is 56.2 Å². The van der Waals surface area contributed by atoms with E-state index in [0.29, 0.717) is 26.2 Å². The summed E-state index contributed by atoms with van der Waals surface area (Å²) < 4.78 is 46.0. The number of ether oxygens (including phenoxy) is 1. The molecule has 0 bridgehead atoms. The monoisotopic (exact) mass is 421 g/mol. The molecule has 2 saturated heterocycles. The van der Waals surface area contributed by atoms with Crippen LogP contribution < -0.4 is 14.5 Å². The maximum Gasteiger partial charge on any atom is 0.243 e. The van der Waals surface area contributed by atoms with Crippen LogP contribution in [0.2, 0.25) is 0 Å². The van der Waals surface area contributed by atoms with Crippen LogP contribution in [-0.2, 0) is 10.0 Å². The maximum absolute atomic E-state index is 14.0. The van der Waals surface area contributed by atoms with Crippen molar-refractivity contribution in [1.29, 1.82) is 0 Å². The molecule has 8 nitrogen and oxygen atoms in total. The Morgan fingerprint density at radius 1 is 1.00 bits per heavy atom. The van der Waals surface area contributed by atoms with Crippen molar-refractivity contribution in [1.82, 2.24) is 14.3 Å². The summed E-state index contributed by atoms with van der Waals surface area (Å²) in [6.07, 6.45) is 4.05. The molecule has 4 rings (SSSR count). The minimum atomic E-state index is -3.77. The Morgan fingerprint density at radius 2 is 1.72 bits per heavy atom. The second-order valence-electron chi connectivity index (χ2n) is 7.10. The fraction of sp³-hybridized carbons (Fsp3) is 0.474. The van der Waals surface area contributed by atoms with Crippen LogP contribution in [0, 0.1) is 5.82 Å². The number of sulfonamides is 1. The lowest BCUT2D eigenvalue weighted by Crippen LogP contribution is -2.49. The topological polar surface area (TPSA) is 78.9 Å². The molecular formula is C19H24FN5O3S. The number of benzene rings is 1. The van der Waals surface area contributed by atoms with Gasteiger partial charge >= 0.3 is 0 Å². The zero-order valence-corrected chi connectivity index (χ0v) is 17.1. The number of halogens is 1. The number of rotatable bonds is 5. The van der Waals surface area contributed by atoms with E-state index in [4.69, 9.17) is 4.74 Å². The van der Waals surface area contributed by atoms with Gasteiger partial charge in [0.25, 0.3) is 0 Å². The largest absolute Gasteiger partial charge is 0.494 e. The van der Waals surface area contributed by atoms with E-state index in [0.717, 1.165) is 43.8 Å². The van der Waals surface area contributed by atoms with Crippen molar-refractivity contribution < 1.29 is 17.5 Å². The molecule has 1 aromatic carbocycles. The minimum absolute atomic E-state index is 0.0198. The van der Waals surface area contributed by atoms with E-state index in [1.807, 2.05) is 6.07 Å². The first-order valence-corrected chi connectivity index (χ1v) is 11.1. The highest BCUT2D eigenvalue weighted by atomic mass is 32.2. The van der Waals surface area contributed by atoms with Crippen molar-refractivity contribution in [2.45, 2.75) is 17.7 Å². The van der Waals surface area contributed by atoms with Crippen molar-refractivity contribution in [3.63, 3.8) is 0 Å². The van der Waals surface area contributed by atoms with E-state index < -0.39 is 15.8 Å². The van der Waals surface area contributed by atoms with Crippen molar-refractivity contribution in [3.8, 4) is 5.75 Å². The van der Waals surface area contributed by atoms with Gasteiger partial charge in [0.05, 0.1) is 12.0 Å². The summed E-state index contributed by atoms with van der Waals surface area (Å²) in [6, 6.07) is 5.56. The van der Waals surface area contributed by atoms with Gasteiger partial charge in [-0.3, -0.25) is 0 Å². The molecular weight excluding hydrogens is 397 g/mol. The number of anilines is 2. The average molecular weight is 421 g/mol. The van der Waals surface area contributed by atoms with Crippen LogP contribution in [0.5, 0.6) is 5.75 Å². The predicted molar refractivity (Wildman–Crippen MR) is 107 cm³/mol. The number of hydrogen-bond acceptors (Lipinski definition) is 7. The molecule has 0 N–H and O–H groups in total. The van der Waals surface area contributed by atoms with Crippen molar-refractivity contribution >= 4 is 21.8 Å². The van der Waals surface area contributed by atoms with Gasteiger partial charge in [-0.1, -0.05) is 0 Å². The Morgan fingerprint density at radius 3 is 2.38 bits per heavy atom. The lowest BCUT2D eigenvalue weighted by molar-refractivity contribution is 0.379. The molecule has 0 amide bonds. The highest BCUT2D eigenvalue weighted by Crippen LogP contribution is 2.25. The molecule has 10 heteroatoms. The second-order valence-corrected chi connectivity index (χ2v) is 9.03. The van der Waals surface area contributed by atoms with E-state index in [9.17, 15) is 12.8 Å². The van der Waals surface area contributed by atoms with Gasteiger partial charge in [-0.25, -0.2) is 17.8 Å². The SMILES string of the molecule is COc1ccc(S(=O)(=O)N2CCN(c3ccnc(N4CCCC4)n3)CC2)cc1F. The van der Waals surface area contributed by atoms with Gasteiger partial charge in [-0.05, 0) is 37.1 Å². The van der Waals surface area contributed by atoms with E-state index >= 15 is 0 Å². The number of nitrogens with zero attached hydrogens (tertiary/aromatic N) is 5. The van der Waals surface area contributed by atoms with Gasteiger partial charge < -0.3 is 14.5 Å². The molecule has 0 radical (unpaired) electrons. The molecule has 2 aliphatic rings. The second kappa shape index (κ2) is 8.11. The van der Waals surface area contributed by atoms with Gasteiger partial charge in [0, 0.05) is 45.5 Å². The lowest BCUT2D eigenvalue weighted by Gasteiger charge is -2.34. The van der Waals surface area contributed by atoms with Crippen LogP contribution in [0.25, 0.3) is 0 Å². The van der Waals surface area contributed by atoms with Crippen LogP contribution in [-0.4, -0.2) is 69.1 Å². The molecule has 0 atom stereocenters. The molecule has 0 unspecified atom stereocenters.